The first-order chi connectivity index (χ1) is 10.4. The second-order valence-electron chi connectivity index (χ2n) is 4.31. The first-order valence-corrected chi connectivity index (χ1v) is 7.70. The van der Waals surface area contributed by atoms with E-state index >= 15 is 0 Å². The number of aromatic nitrogens is 5. The topological polar surface area (TPSA) is 132 Å². The Morgan fingerprint density at radius 1 is 1.09 bits per heavy atom. The van der Waals surface area contributed by atoms with Crippen LogP contribution in [0.25, 0.3) is 0 Å². The number of rotatable bonds is 6. The Labute approximate surface area is 127 Å². The lowest BCUT2D eigenvalue weighted by molar-refractivity contribution is 0.336. The standard InChI is InChI=1S/C11H16N6O4S/c1-6-9(7(2)17-16-6)22(18,19)12-5-8-13-10(20-3)15-11(14-8)21-4/h12H,5H2,1-4H3,(H,16,17). The zero-order chi connectivity index (χ0) is 16.3. The van der Waals surface area contributed by atoms with Crippen LogP contribution >= 0.6 is 0 Å². The lowest BCUT2D eigenvalue weighted by atomic mass is 10.4. The van der Waals surface area contributed by atoms with Crippen molar-refractivity contribution in [3.05, 3.63) is 17.2 Å². The van der Waals surface area contributed by atoms with Crippen LogP contribution in [-0.4, -0.2) is 47.8 Å². The number of aryl methyl sites for hydroxylation is 2. The molecule has 0 atom stereocenters. The summed E-state index contributed by atoms with van der Waals surface area (Å²) in [5.74, 6) is 0.172. The predicted octanol–water partition coefficient (Wildman–Crippen LogP) is -0.293. The van der Waals surface area contributed by atoms with E-state index in [4.69, 9.17) is 9.47 Å². The van der Waals surface area contributed by atoms with Crippen molar-refractivity contribution in [1.29, 1.82) is 0 Å². The molecule has 0 unspecified atom stereocenters. The number of hydrogen-bond donors (Lipinski definition) is 2. The molecule has 2 heterocycles. The predicted molar refractivity (Wildman–Crippen MR) is 75.0 cm³/mol. The smallest absolute Gasteiger partial charge is 0.322 e. The molecule has 0 spiro atoms. The minimum absolute atomic E-state index is 0.0386. The molecule has 120 valence electrons. The van der Waals surface area contributed by atoms with Crippen LogP contribution in [0.1, 0.15) is 17.2 Å². The molecular weight excluding hydrogens is 312 g/mol. The van der Waals surface area contributed by atoms with Crippen molar-refractivity contribution in [2.45, 2.75) is 25.3 Å². The Bertz CT molecular complexity index is 731. The van der Waals surface area contributed by atoms with E-state index in [1.54, 1.807) is 13.8 Å². The van der Waals surface area contributed by atoms with Gasteiger partial charge in [-0.2, -0.15) is 15.1 Å². The lowest BCUT2D eigenvalue weighted by Gasteiger charge is -2.07. The summed E-state index contributed by atoms with van der Waals surface area (Å²) in [7, 11) is -0.962. The maximum atomic E-state index is 12.3. The largest absolute Gasteiger partial charge is 0.467 e. The van der Waals surface area contributed by atoms with E-state index in [1.165, 1.54) is 14.2 Å². The summed E-state index contributed by atoms with van der Waals surface area (Å²) in [5, 5.41) is 6.49. The number of nitrogens with one attached hydrogen (secondary N) is 2. The normalized spacial score (nSPS) is 11.5. The Balaban J connectivity index is 2.22. The van der Waals surface area contributed by atoms with Gasteiger partial charge in [0.05, 0.1) is 32.2 Å². The SMILES string of the molecule is COc1nc(CNS(=O)(=O)c2c(C)n[nH]c2C)nc(OC)n1. The molecule has 11 heteroatoms. The number of H-pyrrole nitrogens is 1. The molecule has 2 rings (SSSR count). The molecule has 0 aromatic carbocycles. The van der Waals surface area contributed by atoms with Crippen molar-refractivity contribution in [3.63, 3.8) is 0 Å². The van der Waals surface area contributed by atoms with Crippen molar-refractivity contribution in [2.75, 3.05) is 14.2 Å². The Morgan fingerprint density at radius 3 is 2.14 bits per heavy atom. The van der Waals surface area contributed by atoms with Crippen LogP contribution in [0.15, 0.2) is 4.90 Å². The molecule has 0 aliphatic carbocycles. The average Bonchev–Trinajstić information content (AvgIpc) is 2.84. The third kappa shape index (κ3) is 3.31. The molecular formula is C11H16N6O4S. The van der Waals surface area contributed by atoms with Crippen molar-refractivity contribution in [1.82, 2.24) is 29.9 Å². The van der Waals surface area contributed by atoms with Gasteiger partial charge >= 0.3 is 12.0 Å². The van der Waals surface area contributed by atoms with E-state index in [0.29, 0.717) is 11.4 Å². The first-order valence-electron chi connectivity index (χ1n) is 6.21. The summed E-state index contributed by atoms with van der Waals surface area (Å²) in [4.78, 5) is 11.9. The number of hydrogen-bond acceptors (Lipinski definition) is 8. The minimum Gasteiger partial charge on any atom is -0.467 e. The maximum Gasteiger partial charge on any atom is 0.322 e. The van der Waals surface area contributed by atoms with Crippen LogP contribution in [0, 0.1) is 13.8 Å². The van der Waals surface area contributed by atoms with E-state index in [-0.39, 0.29) is 29.3 Å². The highest BCUT2D eigenvalue weighted by molar-refractivity contribution is 7.89. The number of nitrogens with zero attached hydrogens (tertiary/aromatic N) is 4. The van der Waals surface area contributed by atoms with Crippen LogP contribution < -0.4 is 14.2 Å². The zero-order valence-electron chi connectivity index (χ0n) is 12.5. The van der Waals surface area contributed by atoms with Gasteiger partial charge in [0.1, 0.15) is 4.90 Å². The third-order valence-corrected chi connectivity index (χ3v) is 4.42. The van der Waals surface area contributed by atoms with Crippen LogP contribution in [0.3, 0.4) is 0 Å². The van der Waals surface area contributed by atoms with Crippen LogP contribution in [0.2, 0.25) is 0 Å². The van der Waals surface area contributed by atoms with Crippen molar-refractivity contribution in [2.24, 2.45) is 0 Å². The summed E-state index contributed by atoms with van der Waals surface area (Å²) in [6.45, 7) is 3.10. The van der Waals surface area contributed by atoms with Gasteiger partial charge in [0.15, 0.2) is 5.82 Å². The molecule has 0 bridgehead atoms. The van der Waals surface area contributed by atoms with Crippen molar-refractivity contribution >= 4 is 10.0 Å². The van der Waals surface area contributed by atoms with E-state index in [9.17, 15) is 8.42 Å². The van der Waals surface area contributed by atoms with Crippen LogP contribution in [0.5, 0.6) is 12.0 Å². The monoisotopic (exact) mass is 328 g/mol. The van der Waals surface area contributed by atoms with Gasteiger partial charge in [-0.05, 0) is 13.8 Å². The zero-order valence-corrected chi connectivity index (χ0v) is 13.4. The highest BCUT2D eigenvalue weighted by Crippen LogP contribution is 2.16. The van der Waals surface area contributed by atoms with Gasteiger partial charge in [0.25, 0.3) is 0 Å². The second-order valence-corrected chi connectivity index (χ2v) is 6.02. The summed E-state index contributed by atoms with van der Waals surface area (Å²) in [6, 6.07) is 0.0773. The Kier molecular flexibility index (Phi) is 4.56. The molecule has 0 aliphatic rings. The molecule has 10 nitrogen and oxygen atoms in total. The molecule has 0 saturated heterocycles. The number of aromatic amines is 1. The fourth-order valence-corrected chi connectivity index (χ4v) is 3.15. The molecule has 2 N–H and O–H groups in total. The molecule has 0 radical (unpaired) electrons. The number of sulfonamides is 1. The fourth-order valence-electron chi connectivity index (χ4n) is 1.81. The Morgan fingerprint density at radius 2 is 1.68 bits per heavy atom. The molecule has 2 aromatic heterocycles. The highest BCUT2D eigenvalue weighted by Gasteiger charge is 2.22. The van der Waals surface area contributed by atoms with E-state index in [2.05, 4.69) is 29.9 Å². The average molecular weight is 328 g/mol. The minimum atomic E-state index is -3.74. The third-order valence-electron chi connectivity index (χ3n) is 2.76. The molecule has 0 amide bonds. The molecule has 0 saturated carbocycles. The summed E-state index contributed by atoms with van der Waals surface area (Å²) < 4.78 is 36.8. The van der Waals surface area contributed by atoms with E-state index in [0.717, 1.165) is 0 Å². The van der Waals surface area contributed by atoms with Gasteiger partial charge in [-0.3, -0.25) is 5.10 Å². The van der Waals surface area contributed by atoms with E-state index < -0.39 is 10.0 Å². The first kappa shape index (κ1) is 16.1. The second kappa shape index (κ2) is 6.23. The lowest BCUT2D eigenvalue weighted by Crippen LogP contribution is -2.25. The van der Waals surface area contributed by atoms with Gasteiger partial charge in [0.2, 0.25) is 10.0 Å². The van der Waals surface area contributed by atoms with Crippen molar-refractivity contribution < 1.29 is 17.9 Å². The van der Waals surface area contributed by atoms with Crippen LogP contribution in [0.4, 0.5) is 0 Å². The molecule has 22 heavy (non-hydrogen) atoms. The maximum absolute atomic E-state index is 12.3. The van der Waals surface area contributed by atoms with Gasteiger partial charge in [-0.15, -0.1) is 4.98 Å². The van der Waals surface area contributed by atoms with Gasteiger partial charge in [0, 0.05) is 0 Å². The highest BCUT2D eigenvalue weighted by atomic mass is 32.2. The van der Waals surface area contributed by atoms with Crippen LogP contribution in [-0.2, 0) is 16.6 Å². The molecule has 2 aromatic rings. The summed E-state index contributed by atoms with van der Waals surface area (Å²) in [5.41, 5.74) is 0.839. The quantitative estimate of drug-likeness (QED) is 0.739. The van der Waals surface area contributed by atoms with Gasteiger partial charge in [-0.1, -0.05) is 0 Å². The van der Waals surface area contributed by atoms with E-state index in [1.807, 2.05) is 0 Å². The fraction of sp³-hybridized carbons (Fsp3) is 0.455. The number of ether oxygens (including phenoxy) is 2. The summed E-state index contributed by atoms with van der Waals surface area (Å²) >= 11 is 0. The van der Waals surface area contributed by atoms with Crippen molar-refractivity contribution in [3.8, 4) is 12.0 Å². The summed E-state index contributed by atoms with van der Waals surface area (Å²) in [6.07, 6.45) is 0. The molecule has 0 fully saturated rings. The molecule has 0 aliphatic heterocycles. The number of methoxy groups -OCH3 is 2. The Hall–Kier alpha value is -2.27. The van der Waals surface area contributed by atoms with Gasteiger partial charge in [-0.25, -0.2) is 13.1 Å². The van der Waals surface area contributed by atoms with Gasteiger partial charge < -0.3 is 9.47 Å².